The van der Waals surface area contributed by atoms with E-state index in [1.54, 1.807) is 12.1 Å². The van der Waals surface area contributed by atoms with Gasteiger partial charge in [-0.2, -0.15) is 4.31 Å². The second-order valence-electron chi connectivity index (χ2n) is 7.09. The van der Waals surface area contributed by atoms with Gasteiger partial charge < -0.3 is 5.32 Å². The average Bonchev–Trinajstić information content (AvgIpc) is 3.25. The van der Waals surface area contributed by atoms with Gasteiger partial charge >= 0.3 is 0 Å². The zero-order chi connectivity index (χ0) is 17.9. The highest BCUT2D eigenvalue weighted by Gasteiger charge is 2.31. The maximum Gasteiger partial charge on any atom is 0.252 e. The Labute approximate surface area is 158 Å². The van der Waals surface area contributed by atoms with E-state index in [0.29, 0.717) is 40.5 Å². The molecule has 1 unspecified atom stereocenters. The summed E-state index contributed by atoms with van der Waals surface area (Å²) in [6.07, 6.45) is 7.17. The van der Waals surface area contributed by atoms with Gasteiger partial charge in [0.25, 0.3) is 10.0 Å². The molecule has 140 valence electrons. The standard InChI is InChI=1S/C17H25ClN2O3S2/c18-15-7-8-17(24-15)25(22,23)20-9-3-6-14(12-20)11-19-16(21)10-13-4-1-2-5-13/h7-8,13-14H,1-6,9-12H2,(H,19,21). The van der Waals surface area contributed by atoms with Crippen LogP contribution in [0.2, 0.25) is 4.34 Å². The Kier molecular flexibility index (Phi) is 6.41. The second kappa shape index (κ2) is 8.37. The highest BCUT2D eigenvalue weighted by Crippen LogP contribution is 2.30. The Morgan fingerprint density at radius 3 is 2.60 bits per heavy atom. The van der Waals surface area contributed by atoms with E-state index in [-0.39, 0.29) is 11.8 Å². The van der Waals surface area contributed by atoms with Gasteiger partial charge in [-0.1, -0.05) is 24.4 Å². The monoisotopic (exact) mass is 404 g/mol. The first kappa shape index (κ1) is 19.1. The van der Waals surface area contributed by atoms with Gasteiger partial charge in [-0.15, -0.1) is 11.3 Å². The van der Waals surface area contributed by atoms with Crippen LogP contribution in [0.5, 0.6) is 0 Å². The van der Waals surface area contributed by atoms with Gasteiger partial charge in [-0.3, -0.25) is 4.79 Å². The van der Waals surface area contributed by atoms with Crippen molar-refractivity contribution in [3.63, 3.8) is 0 Å². The van der Waals surface area contributed by atoms with Gasteiger partial charge in [0.05, 0.1) is 4.34 Å². The molecule has 1 atom stereocenters. The predicted octanol–water partition coefficient (Wildman–Crippen LogP) is 3.50. The minimum Gasteiger partial charge on any atom is -0.356 e. The minimum atomic E-state index is -3.48. The molecule has 3 rings (SSSR count). The molecule has 1 aliphatic carbocycles. The zero-order valence-corrected chi connectivity index (χ0v) is 16.6. The molecule has 1 N–H and O–H groups in total. The smallest absolute Gasteiger partial charge is 0.252 e. The molecule has 2 aliphatic rings. The van der Waals surface area contributed by atoms with Crippen molar-refractivity contribution in [1.82, 2.24) is 9.62 Å². The lowest BCUT2D eigenvalue weighted by atomic mass is 9.99. The average molecular weight is 405 g/mol. The first-order valence-electron chi connectivity index (χ1n) is 8.97. The Bertz CT molecular complexity index is 699. The fourth-order valence-electron chi connectivity index (χ4n) is 3.78. The molecule has 0 bridgehead atoms. The van der Waals surface area contributed by atoms with E-state index >= 15 is 0 Å². The number of halogens is 1. The van der Waals surface area contributed by atoms with Crippen molar-refractivity contribution in [1.29, 1.82) is 0 Å². The van der Waals surface area contributed by atoms with E-state index in [2.05, 4.69) is 5.32 Å². The van der Waals surface area contributed by atoms with Crippen molar-refractivity contribution in [3.05, 3.63) is 16.5 Å². The maximum absolute atomic E-state index is 12.7. The van der Waals surface area contributed by atoms with Crippen LogP contribution in [0.1, 0.15) is 44.9 Å². The molecule has 1 aliphatic heterocycles. The summed E-state index contributed by atoms with van der Waals surface area (Å²) in [4.78, 5) is 12.1. The summed E-state index contributed by atoms with van der Waals surface area (Å²) in [5.74, 6) is 0.815. The molecule has 5 nitrogen and oxygen atoms in total. The van der Waals surface area contributed by atoms with E-state index < -0.39 is 10.0 Å². The van der Waals surface area contributed by atoms with Crippen LogP contribution in [0, 0.1) is 11.8 Å². The van der Waals surface area contributed by atoms with Gasteiger partial charge in [0.15, 0.2) is 0 Å². The number of thiophene rings is 1. The number of rotatable bonds is 6. The van der Waals surface area contributed by atoms with Crippen LogP contribution < -0.4 is 5.32 Å². The number of sulfonamides is 1. The summed E-state index contributed by atoms with van der Waals surface area (Å²) in [7, 11) is -3.48. The predicted molar refractivity (Wildman–Crippen MR) is 100 cm³/mol. The van der Waals surface area contributed by atoms with Gasteiger partial charge in [-0.05, 0) is 49.7 Å². The largest absolute Gasteiger partial charge is 0.356 e. The van der Waals surface area contributed by atoms with Crippen LogP contribution in [-0.2, 0) is 14.8 Å². The summed E-state index contributed by atoms with van der Waals surface area (Å²) in [6, 6.07) is 3.18. The molecule has 25 heavy (non-hydrogen) atoms. The van der Waals surface area contributed by atoms with Crippen molar-refractivity contribution in [2.45, 2.75) is 49.2 Å². The second-order valence-corrected chi connectivity index (χ2v) is 11.0. The number of carbonyl (C=O) groups is 1. The number of piperidine rings is 1. The molecule has 0 radical (unpaired) electrons. The van der Waals surface area contributed by atoms with Crippen LogP contribution in [-0.4, -0.2) is 38.3 Å². The lowest BCUT2D eigenvalue weighted by Crippen LogP contribution is -2.43. The van der Waals surface area contributed by atoms with E-state index in [1.165, 1.54) is 17.1 Å². The highest BCUT2D eigenvalue weighted by atomic mass is 35.5. The van der Waals surface area contributed by atoms with Crippen LogP contribution in [0.3, 0.4) is 0 Å². The third-order valence-corrected chi connectivity index (χ3v) is 8.72. The van der Waals surface area contributed by atoms with Crippen molar-refractivity contribution < 1.29 is 13.2 Å². The maximum atomic E-state index is 12.7. The van der Waals surface area contributed by atoms with Crippen LogP contribution in [0.15, 0.2) is 16.3 Å². The molecule has 2 fully saturated rings. The molecule has 2 heterocycles. The van der Waals surface area contributed by atoms with E-state index in [0.717, 1.165) is 37.0 Å². The Balaban J connectivity index is 1.51. The van der Waals surface area contributed by atoms with Crippen LogP contribution in [0.4, 0.5) is 0 Å². The van der Waals surface area contributed by atoms with Crippen molar-refractivity contribution in [3.8, 4) is 0 Å². The topological polar surface area (TPSA) is 66.5 Å². The first-order chi connectivity index (χ1) is 11.9. The molecule has 1 aromatic rings. The Hall–Kier alpha value is -0.630. The van der Waals surface area contributed by atoms with E-state index in [9.17, 15) is 13.2 Å². The zero-order valence-electron chi connectivity index (χ0n) is 14.2. The summed E-state index contributed by atoms with van der Waals surface area (Å²) < 4.78 is 27.7. The molecule has 1 aromatic heterocycles. The molecule has 1 saturated carbocycles. The third kappa shape index (κ3) is 4.96. The molecule has 8 heteroatoms. The molecule has 1 amide bonds. The van der Waals surface area contributed by atoms with Crippen LogP contribution >= 0.6 is 22.9 Å². The lowest BCUT2D eigenvalue weighted by molar-refractivity contribution is -0.122. The number of carbonyl (C=O) groups excluding carboxylic acids is 1. The van der Waals surface area contributed by atoms with Gasteiger partial charge in [0.2, 0.25) is 5.91 Å². The summed E-state index contributed by atoms with van der Waals surface area (Å²) in [6.45, 7) is 1.55. The van der Waals surface area contributed by atoms with Gasteiger partial charge in [0, 0.05) is 26.1 Å². The normalized spacial score (nSPS) is 23.0. The van der Waals surface area contributed by atoms with Crippen molar-refractivity contribution in [2.24, 2.45) is 11.8 Å². The lowest BCUT2D eigenvalue weighted by Gasteiger charge is -2.31. The Morgan fingerprint density at radius 2 is 1.92 bits per heavy atom. The third-order valence-electron chi connectivity index (χ3n) is 5.16. The van der Waals surface area contributed by atoms with Gasteiger partial charge in [-0.25, -0.2) is 8.42 Å². The molecule has 0 aromatic carbocycles. The van der Waals surface area contributed by atoms with Crippen LogP contribution in [0.25, 0.3) is 0 Å². The summed E-state index contributed by atoms with van der Waals surface area (Å²) in [5.41, 5.74) is 0. The summed E-state index contributed by atoms with van der Waals surface area (Å²) >= 11 is 6.97. The number of nitrogens with one attached hydrogen (secondary N) is 1. The molecule has 0 spiro atoms. The molecular weight excluding hydrogens is 380 g/mol. The first-order valence-corrected chi connectivity index (χ1v) is 11.6. The van der Waals surface area contributed by atoms with E-state index in [4.69, 9.17) is 11.6 Å². The number of nitrogens with zero attached hydrogens (tertiary/aromatic N) is 1. The summed E-state index contributed by atoms with van der Waals surface area (Å²) in [5, 5.41) is 3.02. The fourth-order valence-corrected chi connectivity index (χ4v) is 6.97. The van der Waals surface area contributed by atoms with E-state index in [1.807, 2.05) is 0 Å². The number of amides is 1. The van der Waals surface area contributed by atoms with Crippen molar-refractivity contribution >= 4 is 38.9 Å². The number of hydrogen-bond acceptors (Lipinski definition) is 4. The van der Waals surface area contributed by atoms with Gasteiger partial charge in [0.1, 0.15) is 4.21 Å². The molecule has 1 saturated heterocycles. The highest BCUT2D eigenvalue weighted by molar-refractivity contribution is 7.91. The number of hydrogen-bond donors (Lipinski definition) is 1. The molecular formula is C17H25ClN2O3S2. The van der Waals surface area contributed by atoms with Crippen molar-refractivity contribution in [2.75, 3.05) is 19.6 Å². The fraction of sp³-hybridized carbons (Fsp3) is 0.706. The quantitative estimate of drug-likeness (QED) is 0.789. The Morgan fingerprint density at radius 1 is 1.20 bits per heavy atom. The SMILES string of the molecule is O=C(CC1CCCC1)NCC1CCCN(S(=O)(=O)c2ccc(Cl)s2)C1. The minimum absolute atomic E-state index is 0.108.